The maximum absolute atomic E-state index is 9.33. The Balaban J connectivity index is 1.87. The minimum atomic E-state index is -0.0963. The summed E-state index contributed by atoms with van der Waals surface area (Å²) in [5.41, 5.74) is 2.03. The zero-order valence-corrected chi connectivity index (χ0v) is 9.59. The van der Waals surface area contributed by atoms with Crippen LogP contribution in [-0.4, -0.2) is 20.0 Å². The lowest BCUT2D eigenvalue weighted by molar-refractivity contribution is 0.403. The van der Waals surface area contributed by atoms with Crippen LogP contribution in [0, 0.1) is 0 Å². The van der Waals surface area contributed by atoms with Gasteiger partial charge >= 0.3 is 0 Å². The Morgan fingerprint density at radius 3 is 2.59 bits per heavy atom. The van der Waals surface area contributed by atoms with E-state index in [0.717, 1.165) is 17.7 Å². The van der Waals surface area contributed by atoms with Gasteiger partial charge in [-0.15, -0.1) is 0 Å². The third kappa shape index (κ3) is 2.98. The van der Waals surface area contributed by atoms with Crippen molar-refractivity contribution in [2.75, 3.05) is 0 Å². The van der Waals surface area contributed by atoms with Gasteiger partial charge in [0, 0.05) is 31.9 Å². The molecule has 0 unspecified atom stereocenters. The first-order chi connectivity index (χ1) is 8.15. The minimum Gasteiger partial charge on any atom is -0.504 e. The van der Waals surface area contributed by atoms with E-state index in [-0.39, 0.29) is 11.5 Å². The lowest BCUT2D eigenvalue weighted by atomic mass is 10.2. The summed E-state index contributed by atoms with van der Waals surface area (Å²) in [6.45, 7) is 1.35. The van der Waals surface area contributed by atoms with E-state index in [4.69, 9.17) is 5.11 Å². The number of benzene rings is 1. The molecule has 2 rings (SSSR count). The third-order valence-corrected chi connectivity index (χ3v) is 2.46. The number of phenolic OH excluding ortho intramolecular Hbond substituents is 2. The zero-order valence-electron chi connectivity index (χ0n) is 9.59. The number of rotatable bonds is 4. The van der Waals surface area contributed by atoms with Crippen molar-refractivity contribution in [1.29, 1.82) is 0 Å². The fourth-order valence-electron chi connectivity index (χ4n) is 1.59. The first-order valence-corrected chi connectivity index (χ1v) is 5.34. The summed E-state index contributed by atoms with van der Waals surface area (Å²) >= 11 is 0. The average molecular weight is 233 g/mol. The van der Waals surface area contributed by atoms with Gasteiger partial charge in [-0.2, -0.15) is 5.10 Å². The summed E-state index contributed by atoms with van der Waals surface area (Å²) in [6.07, 6.45) is 3.75. The Bertz CT molecular complexity index is 508. The van der Waals surface area contributed by atoms with Crippen molar-refractivity contribution in [3.8, 4) is 11.5 Å². The Hall–Kier alpha value is -2.01. The molecule has 5 nitrogen and oxygen atoms in total. The van der Waals surface area contributed by atoms with Crippen molar-refractivity contribution in [1.82, 2.24) is 15.1 Å². The van der Waals surface area contributed by atoms with E-state index in [9.17, 15) is 5.11 Å². The second kappa shape index (κ2) is 4.88. The van der Waals surface area contributed by atoms with Crippen molar-refractivity contribution in [2.24, 2.45) is 7.05 Å². The number of nitrogens with zero attached hydrogens (tertiary/aromatic N) is 2. The summed E-state index contributed by atoms with van der Waals surface area (Å²) < 4.78 is 1.75. The molecule has 1 heterocycles. The largest absolute Gasteiger partial charge is 0.504 e. The maximum Gasteiger partial charge on any atom is 0.157 e. The molecule has 2 aromatic rings. The van der Waals surface area contributed by atoms with Crippen LogP contribution in [0.1, 0.15) is 11.1 Å². The van der Waals surface area contributed by atoms with E-state index in [0.29, 0.717) is 6.54 Å². The monoisotopic (exact) mass is 233 g/mol. The first kappa shape index (κ1) is 11.5. The Morgan fingerprint density at radius 2 is 1.94 bits per heavy atom. The van der Waals surface area contributed by atoms with Crippen molar-refractivity contribution in [3.05, 3.63) is 41.7 Å². The van der Waals surface area contributed by atoms with E-state index >= 15 is 0 Å². The molecule has 5 heteroatoms. The molecule has 0 aliphatic carbocycles. The van der Waals surface area contributed by atoms with Gasteiger partial charge in [-0.25, -0.2) is 0 Å². The van der Waals surface area contributed by atoms with Crippen LogP contribution in [-0.2, 0) is 20.1 Å². The molecular weight excluding hydrogens is 218 g/mol. The summed E-state index contributed by atoms with van der Waals surface area (Å²) in [6, 6.07) is 4.80. The van der Waals surface area contributed by atoms with Gasteiger partial charge in [-0.1, -0.05) is 6.07 Å². The van der Waals surface area contributed by atoms with Crippen LogP contribution in [0.5, 0.6) is 11.5 Å². The quantitative estimate of drug-likeness (QED) is 0.692. The molecule has 0 atom stereocenters. The molecule has 0 spiro atoms. The maximum atomic E-state index is 9.33. The molecule has 0 aliphatic heterocycles. The van der Waals surface area contributed by atoms with Gasteiger partial charge in [0.2, 0.25) is 0 Å². The van der Waals surface area contributed by atoms with Gasteiger partial charge < -0.3 is 15.5 Å². The van der Waals surface area contributed by atoms with Crippen molar-refractivity contribution in [3.63, 3.8) is 0 Å². The molecule has 3 N–H and O–H groups in total. The molecule has 17 heavy (non-hydrogen) atoms. The van der Waals surface area contributed by atoms with E-state index < -0.39 is 0 Å². The fraction of sp³-hybridized carbons (Fsp3) is 0.250. The highest BCUT2D eigenvalue weighted by Gasteiger charge is 2.01. The molecular formula is C12H15N3O2. The van der Waals surface area contributed by atoms with Crippen LogP contribution in [0.25, 0.3) is 0 Å². The van der Waals surface area contributed by atoms with Crippen molar-refractivity contribution in [2.45, 2.75) is 13.1 Å². The van der Waals surface area contributed by atoms with Crippen LogP contribution >= 0.6 is 0 Å². The fourth-order valence-corrected chi connectivity index (χ4v) is 1.59. The smallest absolute Gasteiger partial charge is 0.157 e. The van der Waals surface area contributed by atoms with E-state index in [2.05, 4.69) is 10.4 Å². The van der Waals surface area contributed by atoms with Gasteiger partial charge in [0.05, 0.1) is 6.20 Å². The standard InChI is InChI=1S/C12H15N3O2/c1-15-8-10(7-14-15)6-13-5-9-2-3-11(16)12(17)4-9/h2-4,7-8,13,16-17H,5-6H2,1H3. The highest BCUT2D eigenvalue weighted by atomic mass is 16.3. The Labute approximate surface area is 99.3 Å². The van der Waals surface area contributed by atoms with Gasteiger partial charge in [0.15, 0.2) is 11.5 Å². The molecule has 0 aliphatic rings. The normalized spacial score (nSPS) is 10.6. The number of aryl methyl sites for hydroxylation is 1. The van der Waals surface area contributed by atoms with Gasteiger partial charge in [0.25, 0.3) is 0 Å². The van der Waals surface area contributed by atoms with Crippen LogP contribution < -0.4 is 5.32 Å². The summed E-state index contributed by atoms with van der Waals surface area (Å²) in [5.74, 6) is -0.188. The molecule has 0 amide bonds. The predicted molar refractivity (Wildman–Crippen MR) is 63.5 cm³/mol. The van der Waals surface area contributed by atoms with Crippen molar-refractivity contribution >= 4 is 0 Å². The third-order valence-electron chi connectivity index (χ3n) is 2.46. The number of hydrogen-bond acceptors (Lipinski definition) is 4. The van der Waals surface area contributed by atoms with Crippen LogP contribution in [0.15, 0.2) is 30.6 Å². The lowest BCUT2D eigenvalue weighted by Gasteiger charge is -2.04. The van der Waals surface area contributed by atoms with Crippen molar-refractivity contribution < 1.29 is 10.2 Å². The van der Waals surface area contributed by atoms with E-state index in [1.54, 1.807) is 23.0 Å². The Kier molecular flexibility index (Phi) is 3.30. The average Bonchev–Trinajstić information content (AvgIpc) is 2.70. The summed E-state index contributed by atoms with van der Waals surface area (Å²) in [7, 11) is 1.88. The molecule has 1 aromatic carbocycles. The number of aromatic hydroxyl groups is 2. The minimum absolute atomic E-state index is 0.0920. The van der Waals surface area contributed by atoms with Gasteiger partial charge in [-0.3, -0.25) is 4.68 Å². The van der Waals surface area contributed by atoms with Gasteiger partial charge in [-0.05, 0) is 17.7 Å². The molecule has 0 saturated carbocycles. The molecule has 0 saturated heterocycles. The lowest BCUT2D eigenvalue weighted by Crippen LogP contribution is -2.12. The van der Waals surface area contributed by atoms with Crippen LogP contribution in [0.4, 0.5) is 0 Å². The second-order valence-electron chi connectivity index (χ2n) is 3.95. The SMILES string of the molecule is Cn1cc(CNCc2ccc(O)c(O)c2)cn1. The van der Waals surface area contributed by atoms with Gasteiger partial charge in [0.1, 0.15) is 0 Å². The second-order valence-corrected chi connectivity index (χ2v) is 3.95. The Morgan fingerprint density at radius 1 is 1.18 bits per heavy atom. The highest BCUT2D eigenvalue weighted by Crippen LogP contribution is 2.24. The molecule has 0 fully saturated rings. The summed E-state index contributed by atoms with van der Waals surface area (Å²) in [5, 5.41) is 25.8. The number of aromatic nitrogens is 2. The first-order valence-electron chi connectivity index (χ1n) is 5.34. The number of hydrogen-bond donors (Lipinski definition) is 3. The molecule has 0 radical (unpaired) electrons. The number of nitrogens with one attached hydrogen (secondary N) is 1. The predicted octanol–water partition coefficient (Wildman–Crippen LogP) is 1.12. The van der Waals surface area contributed by atoms with Crippen LogP contribution in [0.2, 0.25) is 0 Å². The highest BCUT2D eigenvalue weighted by molar-refractivity contribution is 5.40. The topological polar surface area (TPSA) is 70.3 Å². The van der Waals surface area contributed by atoms with Crippen LogP contribution in [0.3, 0.4) is 0 Å². The zero-order chi connectivity index (χ0) is 12.3. The molecule has 1 aromatic heterocycles. The van der Waals surface area contributed by atoms with E-state index in [1.807, 2.05) is 13.2 Å². The summed E-state index contributed by atoms with van der Waals surface area (Å²) in [4.78, 5) is 0. The number of phenols is 2. The molecule has 0 bridgehead atoms. The van der Waals surface area contributed by atoms with E-state index in [1.165, 1.54) is 6.07 Å². The molecule has 90 valence electrons.